The summed E-state index contributed by atoms with van der Waals surface area (Å²) in [5.41, 5.74) is 1.96. The lowest BCUT2D eigenvalue weighted by atomic mass is 9.86. The van der Waals surface area contributed by atoms with Gasteiger partial charge in [-0.1, -0.05) is 32.3 Å². The van der Waals surface area contributed by atoms with Gasteiger partial charge < -0.3 is 9.47 Å². The molecule has 0 bridgehead atoms. The highest BCUT2D eigenvalue weighted by Crippen LogP contribution is 2.46. The molecule has 0 N–H and O–H groups in total. The van der Waals surface area contributed by atoms with E-state index < -0.39 is 9.84 Å². The molecular formula is C17H24O4S. The number of fused-ring (bicyclic) bond motifs is 1. The van der Waals surface area contributed by atoms with Crippen LogP contribution in [0.4, 0.5) is 0 Å². The van der Waals surface area contributed by atoms with Gasteiger partial charge in [0.15, 0.2) is 21.3 Å². The zero-order valence-corrected chi connectivity index (χ0v) is 14.1. The first-order valence-corrected chi connectivity index (χ1v) is 10.1. The summed E-state index contributed by atoms with van der Waals surface area (Å²) >= 11 is 0. The highest BCUT2D eigenvalue weighted by atomic mass is 32.2. The maximum atomic E-state index is 11.9. The molecule has 122 valence electrons. The van der Waals surface area contributed by atoms with Crippen molar-refractivity contribution in [3.63, 3.8) is 0 Å². The van der Waals surface area contributed by atoms with Gasteiger partial charge in [0.05, 0.1) is 5.75 Å². The Hall–Kier alpha value is -1.23. The van der Waals surface area contributed by atoms with E-state index in [9.17, 15) is 8.42 Å². The molecule has 0 aromatic heterocycles. The fourth-order valence-electron chi connectivity index (χ4n) is 3.34. The second-order valence-electron chi connectivity index (χ2n) is 6.60. The van der Waals surface area contributed by atoms with Crippen molar-refractivity contribution in [2.45, 2.75) is 50.7 Å². The standard InChI is InChI=1S/C17H24O4S/c1-3-4-13(9-12-5-6-12)14-7-8-16-17(21-11-20-16)15(14)10-22(2,18)19/h7-8,12-13H,3-6,9-11H2,1-2H3. The van der Waals surface area contributed by atoms with Crippen molar-refractivity contribution in [1.29, 1.82) is 0 Å². The van der Waals surface area contributed by atoms with Crippen LogP contribution < -0.4 is 9.47 Å². The molecule has 0 saturated heterocycles. The van der Waals surface area contributed by atoms with Gasteiger partial charge in [0.1, 0.15) is 0 Å². The van der Waals surface area contributed by atoms with E-state index >= 15 is 0 Å². The van der Waals surface area contributed by atoms with Gasteiger partial charge in [0.25, 0.3) is 0 Å². The highest BCUT2D eigenvalue weighted by molar-refractivity contribution is 7.89. The highest BCUT2D eigenvalue weighted by Gasteiger charge is 2.30. The summed E-state index contributed by atoms with van der Waals surface area (Å²) in [4.78, 5) is 0. The molecule has 0 amide bonds. The van der Waals surface area contributed by atoms with E-state index in [0.717, 1.165) is 36.3 Å². The van der Waals surface area contributed by atoms with Crippen LogP contribution in [0.3, 0.4) is 0 Å². The van der Waals surface area contributed by atoms with Crippen molar-refractivity contribution in [1.82, 2.24) is 0 Å². The third-order valence-electron chi connectivity index (χ3n) is 4.48. The van der Waals surface area contributed by atoms with Crippen LogP contribution in [-0.2, 0) is 15.6 Å². The average Bonchev–Trinajstić information content (AvgIpc) is 3.11. The number of benzene rings is 1. The van der Waals surface area contributed by atoms with Crippen LogP contribution in [0, 0.1) is 5.92 Å². The third kappa shape index (κ3) is 3.57. The zero-order chi connectivity index (χ0) is 15.7. The average molecular weight is 324 g/mol. The Morgan fingerprint density at radius 3 is 2.68 bits per heavy atom. The molecule has 1 heterocycles. The molecule has 1 fully saturated rings. The predicted molar refractivity (Wildman–Crippen MR) is 86.1 cm³/mol. The minimum Gasteiger partial charge on any atom is -0.454 e. The van der Waals surface area contributed by atoms with Gasteiger partial charge in [0.2, 0.25) is 6.79 Å². The number of rotatable bonds is 7. The van der Waals surface area contributed by atoms with Crippen LogP contribution in [0.5, 0.6) is 11.5 Å². The Morgan fingerprint density at radius 1 is 1.27 bits per heavy atom. The Balaban J connectivity index is 2.00. The van der Waals surface area contributed by atoms with Gasteiger partial charge in [-0.05, 0) is 36.3 Å². The molecule has 1 aromatic carbocycles. The molecule has 4 nitrogen and oxygen atoms in total. The monoisotopic (exact) mass is 324 g/mol. The first kappa shape index (κ1) is 15.7. The van der Waals surface area contributed by atoms with E-state index in [1.54, 1.807) is 0 Å². The fraction of sp³-hybridized carbons (Fsp3) is 0.647. The quantitative estimate of drug-likeness (QED) is 0.768. The van der Waals surface area contributed by atoms with E-state index in [4.69, 9.17) is 9.47 Å². The third-order valence-corrected chi connectivity index (χ3v) is 5.29. The first-order chi connectivity index (χ1) is 10.5. The molecule has 5 heteroatoms. The lowest BCUT2D eigenvalue weighted by Gasteiger charge is -2.21. The Morgan fingerprint density at radius 2 is 2.05 bits per heavy atom. The van der Waals surface area contributed by atoms with E-state index in [2.05, 4.69) is 13.0 Å². The maximum absolute atomic E-state index is 11.9. The lowest BCUT2D eigenvalue weighted by molar-refractivity contribution is 0.173. The van der Waals surface area contributed by atoms with Crippen LogP contribution in [0.1, 0.15) is 56.1 Å². The summed E-state index contributed by atoms with van der Waals surface area (Å²) in [5, 5.41) is 0. The van der Waals surface area contributed by atoms with Gasteiger partial charge in [-0.25, -0.2) is 8.42 Å². The minimum atomic E-state index is -3.12. The second-order valence-corrected chi connectivity index (χ2v) is 8.74. The summed E-state index contributed by atoms with van der Waals surface area (Å²) in [6, 6.07) is 3.98. The Kier molecular flexibility index (Phi) is 4.35. The van der Waals surface area contributed by atoms with Crippen LogP contribution in [0.15, 0.2) is 12.1 Å². The lowest BCUT2D eigenvalue weighted by Crippen LogP contribution is -2.09. The summed E-state index contributed by atoms with van der Waals surface area (Å²) in [6.45, 7) is 2.36. The smallest absolute Gasteiger partial charge is 0.231 e. The van der Waals surface area contributed by atoms with Crippen molar-refractivity contribution < 1.29 is 17.9 Å². The van der Waals surface area contributed by atoms with Gasteiger partial charge in [0, 0.05) is 11.8 Å². The molecule has 1 aliphatic carbocycles. The van der Waals surface area contributed by atoms with Crippen LogP contribution in [0.25, 0.3) is 0 Å². The predicted octanol–water partition coefficient (Wildman–Crippen LogP) is 3.64. The van der Waals surface area contributed by atoms with E-state index in [1.807, 2.05) is 6.07 Å². The minimum absolute atomic E-state index is 0.0275. The van der Waals surface area contributed by atoms with Crippen molar-refractivity contribution in [3.05, 3.63) is 23.3 Å². The van der Waals surface area contributed by atoms with Crippen molar-refractivity contribution in [2.75, 3.05) is 13.0 Å². The van der Waals surface area contributed by atoms with Crippen LogP contribution in [-0.4, -0.2) is 21.5 Å². The molecule has 0 spiro atoms. The zero-order valence-electron chi connectivity index (χ0n) is 13.3. The molecule has 1 unspecified atom stereocenters. The molecule has 2 aliphatic rings. The molecule has 3 rings (SSSR count). The van der Waals surface area contributed by atoms with Crippen LogP contribution in [0.2, 0.25) is 0 Å². The Bertz CT molecular complexity index is 647. The SMILES string of the molecule is CCCC(CC1CC1)c1ccc2c(c1CS(C)(=O)=O)OCO2. The largest absolute Gasteiger partial charge is 0.454 e. The van der Waals surface area contributed by atoms with Gasteiger partial charge in [-0.2, -0.15) is 0 Å². The molecule has 0 radical (unpaired) electrons. The fourth-order valence-corrected chi connectivity index (χ4v) is 4.17. The van der Waals surface area contributed by atoms with E-state index in [1.165, 1.54) is 19.1 Å². The summed E-state index contributed by atoms with van der Waals surface area (Å²) in [7, 11) is -3.12. The van der Waals surface area contributed by atoms with Gasteiger partial charge >= 0.3 is 0 Å². The van der Waals surface area contributed by atoms with Gasteiger partial charge in [-0.3, -0.25) is 0 Å². The number of sulfone groups is 1. The van der Waals surface area contributed by atoms with Crippen LogP contribution >= 0.6 is 0 Å². The number of hydrogen-bond acceptors (Lipinski definition) is 4. The maximum Gasteiger partial charge on any atom is 0.231 e. The Labute approximate surface area is 132 Å². The molecule has 1 saturated carbocycles. The normalized spacial score (nSPS) is 18.5. The summed E-state index contributed by atoms with van der Waals surface area (Å²) in [6.07, 6.45) is 7.25. The van der Waals surface area contributed by atoms with E-state index in [0.29, 0.717) is 17.4 Å². The first-order valence-electron chi connectivity index (χ1n) is 8.07. The second kappa shape index (κ2) is 6.11. The number of ether oxygens (including phenoxy) is 2. The summed E-state index contributed by atoms with van der Waals surface area (Å²) < 4.78 is 34.7. The number of hydrogen-bond donors (Lipinski definition) is 0. The van der Waals surface area contributed by atoms with Gasteiger partial charge in [-0.15, -0.1) is 0 Å². The molecule has 22 heavy (non-hydrogen) atoms. The summed E-state index contributed by atoms with van der Waals surface area (Å²) in [5.74, 6) is 2.57. The molecule has 1 atom stereocenters. The van der Waals surface area contributed by atoms with Crippen molar-refractivity contribution in [2.24, 2.45) is 5.92 Å². The molecule has 1 aromatic rings. The van der Waals surface area contributed by atoms with Crippen molar-refractivity contribution in [3.8, 4) is 11.5 Å². The molecular weight excluding hydrogens is 300 g/mol. The molecule has 1 aliphatic heterocycles. The topological polar surface area (TPSA) is 52.6 Å². The van der Waals surface area contributed by atoms with E-state index in [-0.39, 0.29) is 12.5 Å². The van der Waals surface area contributed by atoms with Crippen molar-refractivity contribution >= 4 is 9.84 Å².